The van der Waals surface area contributed by atoms with Gasteiger partial charge in [-0.3, -0.25) is 4.90 Å². The molecule has 3 rings (SSSR count). The lowest BCUT2D eigenvalue weighted by atomic mass is 10.1. The van der Waals surface area contributed by atoms with Crippen molar-refractivity contribution in [3.8, 4) is 0 Å². The first-order valence-corrected chi connectivity index (χ1v) is 8.73. The second-order valence-corrected chi connectivity index (χ2v) is 6.83. The van der Waals surface area contributed by atoms with Crippen LogP contribution in [0.25, 0.3) is 0 Å². The van der Waals surface area contributed by atoms with Crippen molar-refractivity contribution < 1.29 is 14.6 Å². The Bertz CT molecular complexity index is 535. The van der Waals surface area contributed by atoms with Crippen LogP contribution in [0.1, 0.15) is 24.1 Å². The molecule has 134 valence electrons. The predicted molar refractivity (Wildman–Crippen MR) is 91.1 cm³/mol. The SMILES string of the molecule is CN(C)c1ncnc2c1CN(C[C@@H](O)COC[C@H]1CCCO1)CC2. The van der Waals surface area contributed by atoms with Crippen LogP contribution in [0.4, 0.5) is 5.82 Å². The van der Waals surface area contributed by atoms with Crippen molar-refractivity contribution in [1.29, 1.82) is 0 Å². The third kappa shape index (κ3) is 4.42. The Balaban J connectivity index is 1.48. The largest absolute Gasteiger partial charge is 0.389 e. The van der Waals surface area contributed by atoms with Gasteiger partial charge in [0, 0.05) is 52.3 Å². The zero-order chi connectivity index (χ0) is 16.9. The zero-order valence-electron chi connectivity index (χ0n) is 14.6. The van der Waals surface area contributed by atoms with Gasteiger partial charge in [0.05, 0.1) is 31.1 Å². The maximum Gasteiger partial charge on any atom is 0.136 e. The molecule has 7 heteroatoms. The molecule has 2 atom stereocenters. The van der Waals surface area contributed by atoms with Gasteiger partial charge in [-0.05, 0) is 12.8 Å². The van der Waals surface area contributed by atoms with Gasteiger partial charge in [-0.2, -0.15) is 0 Å². The summed E-state index contributed by atoms with van der Waals surface area (Å²) in [5.74, 6) is 0.967. The summed E-state index contributed by atoms with van der Waals surface area (Å²) in [6.45, 7) is 4.05. The molecule has 2 aliphatic heterocycles. The molecule has 7 nitrogen and oxygen atoms in total. The van der Waals surface area contributed by atoms with Crippen LogP contribution >= 0.6 is 0 Å². The van der Waals surface area contributed by atoms with Crippen molar-refractivity contribution in [1.82, 2.24) is 14.9 Å². The summed E-state index contributed by atoms with van der Waals surface area (Å²) in [5.41, 5.74) is 2.29. The number of hydrogen-bond donors (Lipinski definition) is 1. The quantitative estimate of drug-likeness (QED) is 0.775. The molecule has 1 saturated heterocycles. The van der Waals surface area contributed by atoms with Gasteiger partial charge < -0.3 is 19.5 Å². The van der Waals surface area contributed by atoms with Gasteiger partial charge in [0.2, 0.25) is 0 Å². The van der Waals surface area contributed by atoms with Crippen LogP contribution in [0.3, 0.4) is 0 Å². The van der Waals surface area contributed by atoms with Crippen LogP contribution in [0.15, 0.2) is 6.33 Å². The second kappa shape index (κ2) is 8.20. The summed E-state index contributed by atoms with van der Waals surface area (Å²) in [5, 5.41) is 10.3. The van der Waals surface area contributed by atoms with E-state index in [-0.39, 0.29) is 6.10 Å². The molecule has 0 saturated carbocycles. The highest BCUT2D eigenvalue weighted by Crippen LogP contribution is 2.24. The first kappa shape index (κ1) is 17.5. The number of aliphatic hydroxyl groups is 1. The lowest BCUT2D eigenvalue weighted by molar-refractivity contribution is -0.0261. The number of β-amino-alcohol motifs (C(OH)–C–C–N with tert-alkyl or cyclic N) is 1. The van der Waals surface area contributed by atoms with Crippen LogP contribution in [0, 0.1) is 0 Å². The Hall–Kier alpha value is -1.28. The topological polar surface area (TPSA) is 71.0 Å². The molecule has 2 aliphatic rings. The van der Waals surface area contributed by atoms with Crippen molar-refractivity contribution in [3.05, 3.63) is 17.6 Å². The third-order valence-electron chi connectivity index (χ3n) is 4.59. The third-order valence-corrected chi connectivity index (χ3v) is 4.59. The summed E-state index contributed by atoms with van der Waals surface area (Å²) in [6, 6.07) is 0. The van der Waals surface area contributed by atoms with Crippen molar-refractivity contribution in [2.24, 2.45) is 0 Å². The highest BCUT2D eigenvalue weighted by Gasteiger charge is 2.23. The van der Waals surface area contributed by atoms with E-state index in [1.165, 1.54) is 5.56 Å². The number of fused-ring (bicyclic) bond motifs is 1. The highest BCUT2D eigenvalue weighted by atomic mass is 16.5. The first-order valence-electron chi connectivity index (χ1n) is 8.73. The number of anilines is 1. The molecule has 1 N–H and O–H groups in total. The molecule has 0 amide bonds. The molecule has 24 heavy (non-hydrogen) atoms. The molecule has 0 radical (unpaired) electrons. The van der Waals surface area contributed by atoms with E-state index in [1.807, 2.05) is 19.0 Å². The van der Waals surface area contributed by atoms with Crippen LogP contribution in [-0.4, -0.2) is 79.2 Å². The van der Waals surface area contributed by atoms with Gasteiger partial charge in [-0.1, -0.05) is 0 Å². The van der Waals surface area contributed by atoms with Gasteiger partial charge in [-0.15, -0.1) is 0 Å². The second-order valence-electron chi connectivity index (χ2n) is 6.83. The maximum atomic E-state index is 10.3. The lowest BCUT2D eigenvalue weighted by Gasteiger charge is -2.31. The minimum Gasteiger partial charge on any atom is -0.389 e. The van der Waals surface area contributed by atoms with Gasteiger partial charge in [0.15, 0.2) is 0 Å². The molecule has 0 aromatic carbocycles. The fourth-order valence-corrected chi connectivity index (χ4v) is 3.39. The van der Waals surface area contributed by atoms with Crippen molar-refractivity contribution in [2.75, 3.05) is 51.9 Å². The standard InChI is InChI=1S/C17H28N4O3/c1-20(2)17-15-9-21(6-5-16(15)18-12-19-17)8-13(22)10-23-11-14-4-3-7-24-14/h12-14,22H,3-11H2,1-2H3/t13-,14-/m1/s1. The first-order chi connectivity index (χ1) is 11.6. The molecule has 0 unspecified atom stereocenters. The van der Waals surface area contributed by atoms with E-state index in [4.69, 9.17) is 9.47 Å². The van der Waals surface area contributed by atoms with Crippen LogP contribution in [0.5, 0.6) is 0 Å². The fourth-order valence-electron chi connectivity index (χ4n) is 3.39. The average Bonchev–Trinajstić information content (AvgIpc) is 3.07. The number of ether oxygens (including phenoxy) is 2. The number of aliphatic hydroxyl groups excluding tert-OH is 1. The van der Waals surface area contributed by atoms with Crippen molar-refractivity contribution >= 4 is 5.82 Å². The summed E-state index contributed by atoms with van der Waals surface area (Å²) in [7, 11) is 3.99. The van der Waals surface area contributed by atoms with E-state index in [2.05, 4.69) is 14.9 Å². The summed E-state index contributed by atoms with van der Waals surface area (Å²) < 4.78 is 11.1. The molecule has 0 bridgehead atoms. The van der Waals surface area contributed by atoms with E-state index in [0.717, 1.165) is 50.5 Å². The van der Waals surface area contributed by atoms with Crippen molar-refractivity contribution in [2.45, 2.75) is 38.0 Å². The Morgan fingerprint density at radius 3 is 3.08 bits per heavy atom. The molecule has 0 spiro atoms. The molecular formula is C17H28N4O3. The molecule has 1 aromatic heterocycles. The number of aromatic nitrogens is 2. The van der Waals surface area contributed by atoms with E-state index in [0.29, 0.717) is 19.8 Å². The van der Waals surface area contributed by atoms with Gasteiger partial charge in [-0.25, -0.2) is 9.97 Å². The van der Waals surface area contributed by atoms with Crippen LogP contribution in [0.2, 0.25) is 0 Å². The Morgan fingerprint density at radius 1 is 1.46 bits per heavy atom. The number of rotatable bonds is 7. The molecule has 3 heterocycles. The predicted octanol–water partition coefficient (Wildman–Crippen LogP) is 0.457. The van der Waals surface area contributed by atoms with Gasteiger partial charge >= 0.3 is 0 Å². The fraction of sp³-hybridized carbons (Fsp3) is 0.765. The molecular weight excluding hydrogens is 308 g/mol. The highest BCUT2D eigenvalue weighted by molar-refractivity contribution is 5.48. The molecule has 1 fully saturated rings. The minimum atomic E-state index is -0.486. The van der Waals surface area contributed by atoms with Crippen molar-refractivity contribution in [3.63, 3.8) is 0 Å². The Morgan fingerprint density at radius 2 is 2.33 bits per heavy atom. The summed E-state index contributed by atoms with van der Waals surface area (Å²) in [4.78, 5) is 13.1. The summed E-state index contributed by atoms with van der Waals surface area (Å²) in [6.07, 6.45) is 4.42. The number of nitrogens with zero attached hydrogens (tertiary/aromatic N) is 4. The average molecular weight is 336 g/mol. The van der Waals surface area contributed by atoms with E-state index in [9.17, 15) is 5.11 Å². The van der Waals surface area contributed by atoms with E-state index in [1.54, 1.807) is 6.33 Å². The smallest absolute Gasteiger partial charge is 0.136 e. The zero-order valence-corrected chi connectivity index (χ0v) is 14.6. The lowest BCUT2D eigenvalue weighted by Crippen LogP contribution is -2.39. The Labute approximate surface area is 143 Å². The maximum absolute atomic E-state index is 10.3. The minimum absolute atomic E-state index is 0.207. The van der Waals surface area contributed by atoms with Crippen LogP contribution < -0.4 is 4.90 Å². The number of hydrogen-bond acceptors (Lipinski definition) is 7. The van der Waals surface area contributed by atoms with Crippen LogP contribution in [-0.2, 0) is 22.4 Å². The normalized spacial score (nSPS) is 22.4. The molecule has 0 aliphatic carbocycles. The molecule has 1 aromatic rings. The van der Waals surface area contributed by atoms with E-state index >= 15 is 0 Å². The summed E-state index contributed by atoms with van der Waals surface area (Å²) >= 11 is 0. The van der Waals surface area contributed by atoms with Gasteiger partial charge in [0.1, 0.15) is 12.1 Å². The van der Waals surface area contributed by atoms with Gasteiger partial charge in [0.25, 0.3) is 0 Å². The van der Waals surface area contributed by atoms with E-state index < -0.39 is 6.10 Å². The Kier molecular flexibility index (Phi) is 5.99. The monoisotopic (exact) mass is 336 g/mol.